The van der Waals surface area contributed by atoms with Gasteiger partial charge in [0.05, 0.1) is 20.2 Å². The Morgan fingerprint density at radius 1 is 1.03 bits per heavy atom. The Bertz CT molecular complexity index is 1400. The fraction of sp³-hybridized carbons (Fsp3) is 0.323. The molecule has 1 aromatic heterocycles. The summed E-state index contributed by atoms with van der Waals surface area (Å²) < 4.78 is 18.0. The average molecular weight is 526 g/mol. The number of nitrogens with zero attached hydrogens (tertiary/aromatic N) is 3. The summed E-state index contributed by atoms with van der Waals surface area (Å²) in [4.78, 5) is 18.3. The van der Waals surface area contributed by atoms with E-state index in [1.807, 2.05) is 84.9 Å². The van der Waals surface area contributed by atoms with Gasteiger partial charge in [0.15, 0.2) is 12.1 Å². The molecule has 3 saturated heterocycles. The predicted octanol–water partition coefficient (Wildman–Crippen LogP) is 5.25. The van der Waals surface area contributed by atoms with Crippen molar-refractivity contribution < 1.29 is 23.3 Å². The molecule has 0 spiro atoms. The molecule has 39 heavy (non-hydrogen) atoms. The summed E-state index contributed by atoms with van der Waals surface area (Å²) in [6, 6.07) is 26.6. The summed E-state index contributed by atoms with van der Waals surface area (Å²) in [6.45, 7) is 3.45. The normalized spacial score (nSPS) is 22.7. The van der Waals surface area contributed by atoms with Gasteiger partial charge in [-0.25, -0.2) is 4.79 Å². The van der Waals surface area contributed by atoms with Crippen LogP contribution >= 0.6 is 0 Å². The van der Waals surface area contributed by atoms with Gasteiger partial charge in [-0.1, -0.05) is 59.8 Å². The number of quaternary nitrogens is 1. The third kappa shape index (κ3) is 5.52. The number of piperidine rings is 3. The topological polar surface area (TPSA) is 86.5 Å². The highest BCUT2D eigenvalue weighted by molar-refractivity contribution is 5.81. The van der Waals surface area contributed by atoms with E-state index < -0.39 is 6.04 Å². The number of para-hydroxylation sites is 1. The van der Waals surface area contributed by atoms with Gasteiger partial charge < -0.3 is 23.8 Å². The molecule has 0 saturated carbocycles. The minimum Gasteiger partial charge on any atom is -0.497 e. The molecule has 4 heterocycles. The lowest BCUT2D eigenvalue weighted by atomic mass is 9.83. The van der Waals surface area contributed by atoms with Crippen molar-refractivity contribution in [2.75, 3.05) is 32.1 Å². The molecule has 2 unspecified atom stereocenters. The largest absolute Gasteiger partial charge is 0.497 e. The zero-order valence-corrected chi connectivity index (χ0v) is 22.0. The molecule has 200 valence electrons. The van der Waals surface area contributed by atoms with Crippen molar-refractivity contribution in [3.8, 4) is 17.2 Å². The quantitative estimate of drug-likeness (QED) is 0.236. The Kier molecular flexibility index (Phi) is 7.02. The third-order valence-electron chi connectivity index (χ3n) is 8.02. The number of anilines is 1. The molecule has 3 aromatic carbocycles. The zero-order chi connectivity index (χ0) is 26.7. The Labute approximate surface area is 228 Å². The number of carbonyl (C=O) groups is 1. The fourth-order valence-electron chi connectivity index (χ4n) is 5.91. The molecule has 2 bridgehead atoms. The fourth-order valence-corrected chi connectivity index (χ4v) is 5.91. The highest BCUT2D eigenvalue weighted by Gasteiger charge is 2.48. The molecule has 0 aliphatic carbocycles. The van der Waals surface area contributed by atoms with E-state index in [2.05, 4.69) is 10.5 Å². The maximum absolute atomic E-state index is 13.6. The van der Waals surface area contributed by atoms with Gasteiger partial charge in [0.25, 0.3) is 5.89 Å². The van der Waals surface area contributed by atoms with Gasteiger partial charge in [-0.05, 0) is 35.9 Å². The average Bonchev–Trinajstić information content (AvgIpc) is 3.45. The lowest BCUT2D eigenvalue weighted by molar-refractivity contribution is -0.958. The first kappa shape index (κ1) is 25.1. The van der Waals surface area contributed by atoms with Gasteiger partial charge in [-0.2, -0.15) is 4.98 Å². The minimum atomic E-state index is -0.583. The van der Waals surface area contributed by atoms with Gasteiger partial charge >= 0.3 is 5.97 Å². The van der Waals surface area contributed by atoms with E-state index in [1.165, 1.54) is 0 Å². The highest BCUT2D eigenvalue weighted by atomic mass is 16.5. The number of esters is 1. The summed E-state index contributed by atoms with van der Waals surface area (Å²) in [5.41, 5.74) is 2.59. The van der Waals surface area contributed by atoms with E-state index in [4.69, 9.17) is 19.0 Å². The molecular formula is C31H33N4O4+. The van der Waals surface area contributed by atoms with E-state index in [1.54, 1.807) is 7.11 Å². The van der Waals surface area contributed by atoms with Crippen LogP contribution in [0.2, 0.25) is 0 Å². The van der Waals surface area contributed by atoms with Crippen molar-refractivity contribution in [2.24, 2.45) is 5.92 Å². The van der Waals surface area contributed by atoms with Gasteiger partial charge in [0, 0.05) is 30.0 Å². The molecule has 8 nitrogen and oxygen atoms in total. The SMILES string of the molecule is COc1cccc(-c2nc(C[N+]34CCC(CC3)C(OC(=O)C(Nc3ccccc3)c3ccccc3)C4)no2)c1. The first-order chi connectivity index (χ1) is 19.1. The molecule has 8 heteroatoms. The zero-order valence-electron chi connectivity index (χ0n) is 22.0. The van der Waals surface area contributed by atoms with Gasteiger partial charge in [0.1, 0.15) is 18.8 Å². The number of fused-ring (bicyclic) bond motifs is 3. The lowest BCUT2D eigenvalue weighted by Crippen LogP contribution is -2.64. The second-order valence-electron chi connectivity index (χ2n) is 10.5. The lowest BCUT2D eigenvalue weighted by Gasteiger charge is -2.51. The van der Waals surface area contributed by atoms with Crippen molar-refractivity contribution in [3.63, 3.8) is 0 Å². The Balaban J connectivity index is 1.17. The first-order valence-electron chi connectivity index (χ1n) is 13.5. The van der Waals surface area contributed by atoms with Crippen molar-refractivity contribution in [2.45, 2.75) is 31.5 Å². The molecule has 4 aromatic rings. The van der Waals surface area contributed by atoms with Crippen LogP contribution in [0.4, 0.5) is 5.69 Å². The molecule has 1 N–H and O–H groups in total. The van der Waals surface area contributed by atoms with Crippen molar-refractivity contribution in [3.05, 3.63) is 96.3 Å². The molecule has 3 aliphatic heterocycles. The van der Waals surface area contributed by atoms with Gasteiger partial charge in [0.2, 0.25) is 5.82 Å². The summed E-state index contributed by atoms with van der Waals surface area (Å²) in [5.74, 6) is 2.02. The van der Waals surface area contributed by atoms with Crippen LogP contribution in [0.25, 0.3) is 11.5 Å². The minimum absolute atomic E-state index is 0.145. The summed E-state index contributed by atoms with van der Waals surface area (Å²) in [6.07, 6.45) is 1.88. The number of benzene rings is 3. The maximum Gasteiger partial charge on any atom is 0.333 e. The number of hydrogen-bond donors (Lipinski definition) is 1. The Morgan fingerprint density at radius 2 is 1.77 bits per heavy atom. The first-order valence-corrected chi connectivity index (χ1v) is 13.5. The van der Waals surface area contributed by atoms with Crippen LogP contribution < -0.4 is 10.1 Å². The van der Waals surface area contributed by atoms with E-state index in [0.717, 1.165) is 59.5 Å². The van der Waals surface area contributed by atoms with Crippen molar-refractivity contribution in [1.29, 1.82) is 0 Å². The van der Waals surface area contributed by atoms with E-state index in [0.29, 0.717) is 24.2 Å². The van der Waals surface area contributed by atoms with E-state index in [-0.39, 0.29) is 12.1 Å². The van der Waals surface area contributed by atoms with Crippen molar-refractivity contribution in [1.82, 2.24) is 10.1 Å². The van der Waals surface area contributed by atoms with Crippen LogP contribution in [0.1, 0.15) is 30.3 Å². The van der Waals surface area contributed by atoms with Crippen LogP contribution in [0.3, 0.4) is 0 Å². The van der Waals surface area contributed by atoms with Crippen LogP contribution in [0.15, 0.2) is 89.5 Å². The van der Waals surface area contributed by atoms with E-state index in [9.17, 15) is 4.79 Å². The number of rotatable bonds is 9. The molecule has 2 atom stereocenters. The Morgan fingerprint density at radius 3 is 2.51 bits per heavy atom. The van der Waals surface area contributed by atoms with Gasteiger partial charge in [-0.3, -0.25) is 0 Å². The van der Waals surface area contributed by atoms with Crippen LogP contribution in [-0.4, -0.2) is 53.4 Å². The summed E-state index contributed by atoms with van der Waals surface area (Å²) >= 11 is 0. The number of ether oxygens (including phenoxy) is 2. The van der Waals surface area contributed by atoms with E-state index >= 15 is 0 Å². The molecule has 0 amide bonds. The second kappa shape index (κ2) is 10.9. The highest BCUT2D eigenvalue weighted by Crippen LogP contribution is 2.38. The Hall–Kier alpha value is -4.17. The van der Waals surface area contributed by atoms with Crippen LogP contribution in [-0.2, 0) is 16.1 Å². The predicted molar refractivity (Wildman–Crippen MR) is 147 cm³/mol. The molecular weight excluding hydrogens is 492 g/mol. The smallest absolute Gasteiger partial charge is 0.333 e. The summed E-state index contributed by atoms with van der Waals surface area (Å²) in [5, 5.41) is 7.68. The maximum atomic E-state index is 13.6. The number of nitrogens with one attached hydrogen (secondary N) is 1. The number of aromatic nitrogens is 2. The molecule has 3 aliphatic rings. The third-order valence-corrected chi connectivity index (χ3v) is 8.02. The molecule has 7 rings (SSSR count). The number of methoxy groups -OCH3 is 1. The van der Waals surface area contributed by atoms with Crippen molar-refractivity contribution >= 4 is 11.7 Å². The molecule has 3 fully saturated rings. The van der Waals surface area contributed by atoms with Gasteiger partial charge in [-0.15, -0.1) is 0 Å². The van der Waals surface area contributed by atoms with Crippen LogP contribution in [0, 0.1) is 5.92 Å². The number of hydrogen-bond acceptors (Lipinski definition) is 7. The summed E-state index contributed by atoms with van der Waals surface area (Å²) in [7, 11) is 1.64. The second-order valence-corrected chi connectivity index (χ2v) is 10.5. The number of carbonyl (C=O) groups excluding carboxylic acids is 1. The monoisotopic (exact) mass is 525 g/mol. The molecule has 0 radical (unpaired) electrons. The standard InChI is InChI=1S/C31H33N4O4/c1-37-26-14-8-11-24(19-26)30-33-28(34-39-30)21-35-17-15-22(16-18-35)27(20-35)38-31(36)29(23-9-4-2-5-10-23)32-25-12-6-3-7-13-25/h2-14,19,22,27,29,32H,15-18,20-21H2,1H3/q+1. The van der Waals surface area contributed by atoms with Crippen LogP contribution in [0.5, 0.6) is 5.75 Å².